The van der Waals surface area contributed by atoms with Crippen molar-refractivity contribution in [2.24, 2.45) is 5.11 Å². The van der Waals surface area contributed by atoms with Crippen LogP contribution in [0, 0.1) is 0 Å². The zero-order chi connectivity index (χ0) is 20.2. The van der Waals surface area contributed by atoms with Crippen molar-refractivity contribution >= 4 is 5.97 Å². The number of carbonyl (C=O) groups is 1. The van der Waals surface area contributed by atoms with Crippen LogP contribution < -0.4 is 0 Å². The van der Waals surface area contributed by atoms with Gasteiger partial charge >= 0.3 is 5.97 Å². The fourth-order valence-electron chi connectivity index (χ4n) is 3.38. The number of rotatable bonds is 4. The van der Waals surface area contributed by atoms with Gasteiger partial charge < -0.3 is 24.1 Å². The summed E-state index contributed by atoms with van der Waals surface area (Å²) in [6, 6.07) is 16.4. The average Bonchev–Trinajstić information content (AvgIpc) is 2.77. The van der Waals surface area contributed by atoms with Gasteiger partial charge in [-0.2, -0.15) is 0 Å². The molecule has 0 bridgehead atoms. The number of aliphatic hydroxyl groups is 1. The molecule has 9 nitrogen and oxygen atoms in total. The second-order valence-corrected chi connectivity index (χ2v) is 6.68. The minimum atomic E-state index is -1.27. The lowest BCUT2D eigenvalue weighted by atomic mass is 9.96. The Morgan fingerprint density at radius 2 is 1.79 bits per heavy atom. The summed E-state index contributed by atoms with van der Waals surface area (Å²) in [6.07, 6.45) is -4.70. The molecule has 0 spiro atoms. The van der Waals surface area contributed by atoms with Gasteiger partial charge in [0.1, 0.15) is 18.2 Å². The number of aliphatic hydroxyl groups excluding tert-OH is 1. The Balaban J connectivity index is 1.51. The number of esters is 1. The molecule has 2 heterocycles. The maximum atomic E-state index is 12.4. The molecule has 0 aromatic heterocycles. The summed E-state index contributed by atoms with van der Waals surface area (Å²) >= 11 is 0. The van der Waals surface area contributed by atoms with E-state index in [-0.39, 0.29) is 6.61 Å². The molecule has 2 aliphatic rings. The molecule has 150 valence electrons. The van der Waals surface area contributed by atoms with Gasteiger partial charge in [0.05, 0.1) is 18.3 Å². The molecule has 29 heavy (non-hydrogen) atoms. The molecule has 2 aromatic rings. The maximum Gasteiger partial charge on any atom is 0.340 e. The van der Waals surface area contributed by atoms with Crippen molar-refractivity contribution in [3.63, 3.8) is 0 Å². The van der Waals surface area contributed by atoms with E-state index in [0.29, 0.717) is 5.56 Å². The SMILES string of the molecule is [N-]=[N+]=N[C@H]1[C@H](OC(=O)c2ccccc2)O[C@@H]2CO[C@@H](c3ccccc3)O[C@H]2[C@@H]1O. The van der Waals surface area contributed by atoms with Crippen LogP contribution in [0.15, 0.2) is 65.8 Å². The van der Waals surface area contributed by atoms with Crippen LogP contribution in [-0.2, 0) is 18.9 Å². The van der Waals surface area contributed by atoms with E-state index in [1.165, 1.54) is 0 Å². The lowest BCUT2D eigenvalue weighted by Gasteiger charge is -2.46. The molecule has 0 saturated carbocycles. The smallest absolute Gasteiger partial charge is 0.340 e. The highest BCUT2D eigenvalue weighted by molar-refractivity contribution is 5.89. The molecule has 0 unspecified atom stereocenters. The second-order valence-electron chi connectivity index (χ2n) is 6.68. The molecule has 0 radical (unpaired) electrons. The first-order valence-corrected chi connectivity index (χ1v) is 9.13. The number of benzene rings is 2. The second kappa shape index (κ2) is 8.60. The Morgan fingerprint density at radius 3 is 2.48 bits per heavy atom. The van der Waals surface area contributed by atoms with Gasteiger partial charge in [0.15, 0.2) is 6.29 Å². The highest BCUT2D eigenvalue weighted by atomic mass is 16.8. The number of carbonyl (C=O) groups excluding carboxylic acids is 1. The Hall–Kier alpha value is -2.94. The quantitative estimate of drug-likeness (QED) is 0.366. The molecule has 4 rings (SSSR count). The number of hydrogen-bond donors (Lipinski definition) is 1. The van der Waals surface area contributed by atoms with Gasteiger partial charge in [0.2, 0.25) is 6.29 Å². The molecule has 9 heteroatoms. The first-order valence-electron chi connectivity index (χ1n) is 9.13. The van der Waals surface area contributed by atoms with Crippen LogP contribution in [0.4, 0.5) is 0 Å². The van der Waals surface area contributed by atoms with Gasteiger partial charge in [0, 0.05) is 10.5 Å². The summed E-state index contributed by atoms with van der Waals surface area (Å²) in [5.41, 5.74) is 10.0. The monoisotopic (exact) mass is 397 g/mol. The fourth-order valence-corrected chi connectivity index (χ4v) is 3.38. The third-order valence-corrected chi connectivity index (χ3v) is 4.82. The zero-order valence-corrected chi connectivity index (χ0v) is 15.3. The predicted molar refractivity (Wildman–Crippen MR) is 99.5 cm³/mol. The van der Waals surface area contributed by atoms with Gasteiger partial charge in [0.25, 0.3) is 0 Å². The van der Waals surface area contributed by atoms with Gasteiger partial charge in [-0.3, -0.25) is 0 Å². The third kappa shape index (κ3) is 4.09. The number of hydrogen-bond acceptors (Lipinski definition) is 7. The molecule has 1 N–H and O–H groups in total. The van der Waals surface area contributed by atoms with Crippen LogP contribution >= 0.6 is 0 Å². The summed E-state index contributed by atoms with van der Waals surface area (Å²) in [6.45, 7) is 0.115. The summed E-state index contributed by atoms with van der Waals surface area (Å²) < 4.78 is 22.8. The van der Waals surface area contributed by atoms with E-state index in [9.17, 15) is 9.90 Å². The van der Waals surface area contributed by atoms with Crippen LogP contribution in [0.5, 0.6) is 0 Å². The minimum absolute atomic E-state index is 0.115. The van der Waals surface area contributed by atoms with E-state index >= 15 is 0 Å². The minimum Gasteiger partial charge on any atom is -0.432 e. The van der Waals surface area contributed by atoms with Crippen LogP contribution in [0.2, 0.25) is 0 Å². The Kier molecular flexibility index (Phi) is 5.75. The molecule has 2 aromatic carbocycles. The number of ether oxygens (including phenoxy) is 4. The number of azide groups is 1. The summed E-state index contributed by atoms with van der Waals surface area (Å²) in [4.78, 5) is 15.1. The van der Waals surface area contributed by atoms with Crippen molar-refractivity contribution in [1.29, 1.82) is 0 Å². The van der Waals surface area contributed by atoms with Gasteiger partial charge in [-0.15, -0.1) is 0 Å². The average molecular weight is 397 g/mol. The molecule has 6 atom stereocenters. The molecule has 0 aliphatic carbocycles. The standard InChI is InChI=1S/C20H19N3O6/c21-23-22-15-16(24)17-14(11-26-19(28-17)13-9-5-2-6-10-13)27-20(15)29-18(25)12-7-3-1-4-8-12/h1-10,14-17,19-20,24H,11H2/t14-,15-,16-,17-,19-,20+/m1/s1. The first-order chi connectivity index (χ1) is 14.2. The van der Waals surface area contributed by atoms with Crippen molar-refractivity contribution in [2.75, 3.05) is 6.61 Å². The predicted octanol–water partition coefficient (Wildman–Crippen LogP) is 2.72. The molecule has 0 amide bonds. The summed E-state index contributed by atoms with van der Waals surface area (Å²) in [5.74, 6) is -0.654. The largest absolute Gasteiger partial charge is 0.432 e. The van der Waals surface area contributed by atoms with E-state index in [0.717, 1.165) is 5.56 Å². The lowest BCUT2D eigenvalue weighted by molar-refractivity contribution is -0.334. The number of fused-ring (bicyclic) bond motifs is 1. The van der Waals surface area contributed by atoms with Crippen molar-refractivity contribution in [3.05, 3.63) is 82.2 Å². The molecule has 2 aliphatic heterocycles. The van der Waals surface area contributed by atoms with Crippen LogP contribution in [-0.4, -0.2) is 48.3 Å². The zero-order valence-electron chi connectivity index (χ0n) is 15.3. The van der Waals surface area contributed by atoms with E-state index in [1.807, 2.05) is 30.3 Å². The van der Waals surface area contributed by atoms with Gasteiger partial charge in [-0.05, 0) is 17.7 Å². The highest BCUT2D eigenvalue weighted by Crippen LogP contribution is 2.35. The van der Waals surface area contributed by atoms with Crippen molar-refractivity contribution in [1.82, 2.24) is 0 Å². The number of nitrogens with zero attached hydrogens (tertiary/aromatic N) is 3. The van der Waals surface area contributed by atoms with Crippen molar-refractivity contribution in [2.45, 2.75) is 36.9 Å². The Bertz CT molecular complexity index is 890. The normalized spacial score (nSPS) is 31.2. The van der Waals surface area contributed by atoms with Gasteiger partial charge in [-0.25, -0.2) is 4.79 Å². The van der Waals surface area contributed by atoms with E-state index < -0.39 is 42.9 Å². The van der Waals surface area contributed by atoms with Crippen LogP contribution in [0.1, 0.15) is 22.2 Å². The molecule has 2 saturated heterocycles. The van der Waals surface area contributed by atoms with E-state index in [4.69, 9.17) is 24.5 Å². The van der Waals surface area contributed by atoms with Gasteiger partial charge in [-0.1, -0.05) is 53.6 Å². The van der Waals surface area contributed by atoms with Crippen LogP contribution in [0.25, 0.3) is 10.4 Å². The lowest BCUT2D eigenvalue weighted by Crippen LogP contribution is -2.61. The molecular formula is C20H19N3O6. The van der Waals surface area contributed by atoms with Crippen LogP contribution in [0.3, 0.4) is 0 Å². The topological polar surface area (TPSA) is 123 Å². The summed E-state index contributed by atoms with van der Waals surface area (Å²) in [5, 5.41) is 14.4. The van der Waals surface area contributed by atoms with E-state index in [2.05, 4.69) is 10.0 Å². The van der Waals surface area contributed by atoms with E-state index in [1.54, 1.807) is 30.3 Å². The maximum absolute atomic E-state index is 12.4. The highest BCUT2D eigenvalue weighted by Gasteiger charge is 2.50. The van der Waals surface area contributed by atoms with Crippen molar-refractivity contribution in [3.8, 4) is 0 Å². The Labute approximate surface area is 166 Å². The Morgan fingerprint density at radius 1 is 1.10 bits per heavy atom. The summed E-state index contributed by atoms with van der Waals surface area (Å²) in [7, 11) is 0. The van der Waals surface area contributed by atoms with Crippen molar-refractivity contribution < 1.29 is 28.8 Å². The first kappa shape index (κ1) is 19.4. The molecule has 2 fully saturated rings. The third-order valence-electron chi connectivity index (χ3n) is 4.82. The fraction of sp³-hybridized carbons (Fsp3) is 0.350. The molecular weight excluding hydrogens is 378 g/mol.